The predicted octanol–water partition coefficient (Wildman–Crippen LogP) is 2.24. The molecule has 0 radical (unpaired) electrons. The Hall–Kier alpha value is -3.14. The van der Waals surface area contributed by atoms with Gasteiger partial charge in [-0.1, -0.05) is 36.9 Å². The van der Waals surface area contributed by atoms with Crippen LogP contribution in [0.25, 0.3) is 0 Å². The SMILES string of the molecule is CCOC(=O)/C=C1\SCC(=O)N1Cc1nc(N)nc(Nc2ccccc2CC)n1. The number of esters is 1. The lowest BCUT2D eigenvalue weighted by molar-refractivity contribution is -0.137. The minimum Gasteiger partial charge on any atom is -0.463 e. The molecule has 0 saturated carbocycles. The number of rotatable bonds is 7. The van der Waals surface area contributed by atoms with Crippen LogP contribution in [0, 0.1) is 0 Å². The number of nitrogens with two attached hydrogens (primary N) is 1. The van der Waals surface area contributed by atoms with Crippen molar-refractivity contribution in [3.05, 3.63) is 46.8 Å². The van der Waals surface area contributed by atoms with Gasteiger partial charge in [0, 0.05) is 5.69 Å². The minimum absolute atomic E-state index is 0.0432. The molecule has 1 aliphatic rings. The molecular formula is C19H22N6O3S. The summed E-state index contributed by atoms with van der Waals surface area (Å²) in [6.45, 7) is 4.12. The fourth-order valence-corrected chi connectivity index (χ4v) is 3.69. The highest BCUT2D eigenvalue weighted by Crippen LogP contribution is 2.30. The third-order valence-electron chi connectivity index (χ3n) is 4.08. The van der Waals surface area contributed by atoms with Crippen molar-refractivity contribution in [1.29, 1.82) is 0 Å². The number of hydrogen-bond donors (Lipinski definition) is 2. The molecule has 10 heteroatoms. The Kier molecular flexibility index (Phi) is 6.65. The molecule has 0 spiro atoms. The zero-order chi connectivity index (χ0) is 20.8. The highest BCUT2D eigenvalue weighted by molar-refractivity contribution is 8.04. The van der Waals surface area contributed by atoms with Crippen LogP contribution in [0.2, 0.25) is 0 Å². The quantitative estimate of drug-likeness (QED) is 0.518. The van der Waals surface area contributed by atoms with Gasteiger partial charge in [-0.2, -0.15) is 15.0 Å². The summed E-state index contributed by atoms with van der Waals surface area (Å²) in [7, 11) is 0. The summed E-state index contributed by atoms with van der Waals surface area (Å²) in [4.78, 5) is 38.1. The number of nitrogen functional groups attached to an aromatic ring is 1. The topological polar surface area (TPSA) is 123 Å². The van der Waals surface area contributed by atoms with E-state index < -0.39 is 5.97 Å². The summed E-state index contributed by atoms with van der Waals surface area (Å²) >= 11 is 1.27. The van der Waals surface area contributed by atoms with Gasteiger partial charge in [-0.15, -0.1) is 0 Å². The number of anilines is 3. The van der Waals surface area contributed by atoms with Gasteiger partial charge in [-0.3, -0.25) is 9.69 Å². The molecule has 29 heavy (non-hydrogen) atoms. The first-order valence-corrected chi connectivity index (χ1v) is 10.2. The van der Waals surface area contributed by atoms with Crippen LogP contribution >= 0.6 is 11.8 Å². The van der Waals surface area contributed by atoms with Crippen LogP contribution in [0.1, 0.15) is 25.2 Å². The Morgan fingerprint density at radius 1 is 1.31 bits per heavy atom. The van der Waals surface area contributed by atoms with Gasteiger partial charge in [0.15, 0.2) is 5.82 Å². The summed E-state index contributed by atoms with van der Waals surface area (Å²) in [5, 5.41) is 3.66. The van der Waals surface area contributed by atoms with Gasteiger partial charge in [0.1, 0.15) is 0 Å². The zero-order valence-electron chi connectivity index (χ0n) is 16.2. The van der Waals surface area contributed by atoms with Crippen LogP contribution < -0.4 is 11.1 Å². The lowest BCUT2D eigenvalue weighted by atomic mass is 10.1. The molecule has 1 aliphatic heterocycles. The van der Waals surface area contributed by atoms with Crippen LogP contribution in [0.15, 0.2) is 35.4 Å². The Morgan fingerprint density at radius 2 is 2.10 bits per heavy atom. The molecule has 2 heterocycles. The van der Waals surface area contributed by atoms with E-state index in [9.17, 15) is 9.59 Å². The lowest BCUT2D eigenvalue weighted by Crippen LogP contribution is -2.26. The van der Waals surface area contributed by atoms with E-state index in [4.69, 9.17) is 10.5 Å². The number of ether oxygens (including phenoxy) is 1. The van der Waals surface area contributed by atoms with Crippen LogP contribution in [-0.4, -0.2) is 44.1 Å². The number of aromatic nitrogens is 3. The van der Waals surface area contributed by atoms with Gasteiger partial charge in [-0.25, -0.2) is 4.79 Å². The Bertz CT molecular complexity index is 949. The summed E-state index contributed by atoms with van der Waals surface area (Å²) in [5.74, 6) is 0.254. The lowest BCUT2D eigenvalue weighted by Gasteiger charge is -2.17. The van der Waals surface area contributed by atoms with E-state index in [-0.39, 0.29) is 30.8 Å². The standard InChI is InChI=1S/C19H22N6O3S/c1-3-12-7-5-6-8-13(12)21-19-23-14(22-18(20)24-19)10-25-15(26)11-29-16(25)9-17(27)28-4-2/h5-9H,3-4,10-11H2,1-2H3,(H3,20,21,22,23,24)/b16-9-. The summed E-state index contributed by atoms with van der Waals surface area (Å²) in [6, 6.07) is 7.82. The van der Waals surface area contributed by atoms with Crippen molar-refractivity contribution in [2.24, 2.45) is 0 Å². The maximum atomic E-state index is 12.3. The first-order chi connectivity index (χ1) is 14.0. The van der Waals surface area contributed by atoms with Crippen LogP contribution in [-0.2, 0) is 27.3 Å². The normalized spacial score (nSPS) is 15.0. The molecular weight excluding hydrogens is 392 g/mol. The van der Waals surface area contributed by atoms with Crippen molar-refractivity contribution in [3.8, 4) is 0 Å². The van der Waals surface area contributed by atoms with E-state index in [0.717, 1.165) is 17.7 Å². The second kappa shape index (κ2) is 9.37. The highest BCUT2D eigenvalue weighted by atomic mass is 32.2. The van der Waals surface area contributed by atoms with Crippen LogP contribution in [0.3, 0.4) is 0 Å². The molecule has 0 aliphatic carbocycles. The van der Waals surface area contributed by atoms with Gasteiger partial charge in [0.25, 0.3) is 0 Å². The summed E-state index contributed by atoms with van der Waals surface area (Å²) < 4.78 is 4.93. The van der Waals surface area contributed by atoms with E-state index in [1.807, 2.05) is 24.3 Å². The number of hydrogen-bond acceptors (Lipinski definition) is 9. The Morgan fingerprint density at radius 3 is 2.86 bits per heavy atom. The predicted molar refractivity (Wildman–Crippen MR) is 111 cm³/mol. The fraction of sp³-hybridized carbons (Fsp3) is 0.316. The van der Waals surface area contributed by atoms with Gasteiger partial charge in [-0.05, 0) is 25.0 Å². The zero-order valence-corrected chi connectivity index (χ0v) is 17.0. The molecule has 0 atom stereocenters. The van der Waals surface area contributed by atoms with E-state index in [1.54, 1.807) is 6.92 Å². The molecule has 1 aromatic heterocycles. The molecule has 1 aromatic carbocycles. The molecule has 1 amide bonds. The van der Waals surface area contributed by atoms with Crippen molar-refractivity contribution in [2.45, 2.75) is 26.8 Å². The largest absolute Gasteiger partial charge is 0.463 e. The first kappa shape index (κ1) is 20.6. The Balaban J connectivity index is 1.82. The molecule has 1 fully saturated rings. The van der Waals surface area contributed by atoms with E-state index in [2.05, 4.69) is 27.2 Å². The maximum Gasteiger partial charge on any atom is 0.333 e. The number of benzene rings is 1. The highest BCUT2D eigenvalue weighted by Gasteiger charge is 2.28. The summed E-state index contributed by atoms with van der Waals surface area (Å²) in [5.41, 5.74) is 7.83. The number of thioether (sulfide) groups is 1. The summed E-state index contributed by atoms with van der Waals surface area (Å²) in [6.07, 6.45) is 2.15. The van der Waals surface area contributed by atoms with Crippen LogP contribution in [0.5, 0.6) is 0 Å². The number of para-hydroxylation sites is 1. The van der Waals surface area contributed by atoms with Crippen LogP contribution in [0.4, 0.5) is 17.6 Å². The third-order valence-corrected chi connectivity index (χ3v) is 5.11. The number of carbonyl (C=O) groups is 2. The second-order valence-electron chi connectivity index (χ2n) is 6.07. The second-order valence-corrected chi connectivity index (χ2v) is 7.07. The van der Waals surface area contributed by atoms with Crippen molar-refractivity contribution < 1.29 is 14.3 Å². The van der Waals surface area contributed by atoms with Crippen molar-refractivity contribution >= 4 is 41.2 Å². The molecule has 1 saturated heterocycles. The minimum atomic E-state index is -0.497. The first-order valence-electron chi connectivity index (χ1n) is 9.17. The molecule has 152 valence electrons. The molecule has 2 aromatic rings. The number of amides is 1. The number of nitrogens with one attached hydrogen (secondary N) is 1. The molecule has 0 unspecified atom stereocenters. The Labute approximate surface area is 172 Å². The van der Waals surface area contributed by atoms with Crippen molar-refractivity contribution in [2.75, 3.05) is 23.4 Å². The average Bonchev–Trinajstić information content (AvgIpc) is 3.01. The van der Waals surface area contributed by atoms with E-state index >= 15 is 0 Å². The monoisotopic (exact) mass is 414 g/mol. The fourth-order valence-electron chi connectivity index (χ4n) is 2.76. The van der Waals surface area contributed by atoms with Gasteiger partial charge in [0.2, 0.25) is 17.8 Å². The molecule has 9 nitrogen and oxygen atoms in total. The van der Waals surface area contributed by atoms with Gasteiger partial charge in [0.05, 0.1) is 30.0 Å². The molecule has 3 rings (SSSR count). The molecule has 3 N–H and O–H groups in total. The van der Waals surface area contributed by atoms with E-state index in [1.165, 1.54) is 22.7 Å². The van der Waals surface area contributed by atoms with E-state index in [0.29, 0.717) is 16.8 Å². The third kappa shape index (κ3) is 5.23. The van der Waals surface area contributed by atoms with Crippen molar-refractivity contribution in [1.82, 2.24) is 19.9 Å². The number of aryl methyl sites for hydroxylation is 1. The van der Waals surface area contributed by atoms with Gasteiger partial charge >= 0.3 is 5.97 Å². The smallest absolute Gasteiger partial charge is 0.333 e. The number of carbonyl (C=O) groups excluding carboxylic acids is 2. The van der Waals surface area contributed by atoms with Gasteiger partial charge < -0.3 is 15.8 Å². The maximum absolute atomic E-state index is 12.3. The molecule has 0 bridgehead atoms. The van der Waals surface area contributed by atoms with Crippen molar-refractivity contribution in [3.63, 3.8) is 0 Å². The number of nitrogens with zero attached hydrogens (tertiary/aromatic N) is 4. The average molecular weight is 414 g/mol.